The van der Waals surface area contributed by atoms with Gasteiger partial charge in [0.1, 0.15) is 0 Å². The molecule has 2 aliphatic rings. The molecule has 1 saturated carbocycles. The number of rotatable bonds is 4. The number of carbonyl (C=O) groups is 1. The van der Waals surface area contributed by atoms with E-state index in [0.29, 0.717) is 25.6 Å². The summed E-state index contributed by atoms with van der Waals surface area (Å²) in [5, 5.41) is 21.0. The number of tetrazole rings is 1. The first-order chi connectivity index (χ1) is 8.58. The summed E-state index contributed by atoms with van der Waals surface area (Å²) in [5.74, 6) is 0.138. The van der Waals surface area contributed by atoms with E-state index in [2.05, 4.69) is 20.4 Å². The van der Waals surface area contributed by atoms with Crippen molar-refractivity contribution in [3.05, 3.63) is 5.82 Å². The van der Waals surface area contributed by atoms with Gasteiger partial charge in [-0.1, -0.05) is 0 Å². The van der Waals surface area contributed by atoms with E-state index in [1.165, 1.54) is 0 Å². The Hall–Kier alpha value is -1.50. The predicted molar refractivity (Wildman–Crippen MR) is 61.7 cm³/mol. The zero-order valence-corrected chi connectivity index (χ0v) is 10.4. The molecule has 0 spiro atoms. The third kappa shape index (κ3) is 1.98. The molecule has 0 amide bonds. The van der Waals surface area contributed by atoms with Crippen molar-refractivity contribution in [2.75, 3.05) is 13.1 Å². The smallest absolute Gasteiger partial charge is 0.310 e. The molecule has 1 aliphatic carbocycles. The van der Waals surface area contributed by atoms with Gasteiger partial charge in [0.2, 0.25) is 0 Å². The lowest BCUT2D eigenvalue weighted by Crippen LogP contribution is -2.32. The van der Waals surface area contributed by atoms with Crippen LogP contribution in [0, 0.1) is 5.41 Å². The average molecular weight is 251 g/mol. The summed E-state index contributed by atoms with van der Waals surface area (Å²) in [4.78, 5) is 13.3. The van der Waals surface area contributed by atoms with Crippen molar-refractivity contribution >= 4 is 5.97 Å². The van der Waals surface area contributed by atoms with Gasteiger partial charge in [0.15, 0.2) is 5.82 Å². The van der Waals surface area contributed by atoms with E-state index in [0.717, 1.165) is 25.2 Å². The Morgan fingerprint density at radius 2 is 2.33 bits per heavy atom. The molecule has 3 rings (SSSR count). The van der Waals surface area contributed by atoms with Crippen LogP contribution in [0.2, 0.25) is 0 Å². The molecule has 98 valence electrons. The first-order valence-corrected chi connectivity index (χ1v) is 6.31. The van der Waals surface area contributed by atoms with Crippen molar-refractivity contribution in [2.45, 2.75) is 38.8 Å². The highest BCUT2D eigenvalue weighted by atomic mass is 16.4. The van der Waals surface area contributed by atoms with E-state index in [9.17, 15) is 9.90 Å². The van der Waals surface area contributed by atoms with E-state index in [4.69, 9.17) is 0 Å². The summed E-state index contributed by atoms with van der Waals surface area (Å²) in [6.45, 7) is 3.81. The summed E-state index contributed by atoms with van der Waals surface area (Å²) in [5.41, 5.74) is -0.627. The lowest BCUT2D eigenvalue weighted by atomic mass is 9.90. The van der Waals surface area contributed by atoms with Crippen LogP contribution in [0.25, 0.3) is 0 Å². The summed E-state index contributed by atoms with van der Waals surface area (Å²) in [7, 11) is 0. The minimum Gasteiger partial charge on any atom is -0.481 e. The SMILES string of the molecule is CC1(C(=O)O)CCN(Cc2nnnn2C2CC2)C1. The predicted octanol–water partition coefficient (Wildman–Crippen LogP) is 0.305. The van der Waals surface area contributed by atoms with Gasteiger partial charge in [0.25, 0.3) is 0 Å². The second-order valence-electron chi connectivity index (χ2n) is 5.60. The van der Waals surface area contributed by atoms with Crippen molar-refractivity contribution in [3.8, 4) is 0 Å². The fraction of sp³-hybridized carbons (Fsp3) is 0.818. The Balaban J connectivity index is 1.67. The Bertz CT molecular complexity index is 470. The maximum absolute atomic E-state index is 11.2. The molecule has 0 radical (unpaired) electrons. The Morgan fingerprint density at radius 3 is 2.94 bits per heavy atom. The molecular weight excluding hydrogens is 234 g/mol. The molecule has 2 fully saturated rings. The number of nitrogens with zero attached hydrogens (tertiary/aromatic N) is 5. The highest BCUT2D eigenvalue weighted by Crippen LogP contribution is 2.35. The van der Waals surface area contributed by atoms with Gasteiger partial charge in [0.05, 0.1) is 18.0 Å². The number of likely N-dealkylation sites (tertiary alicyclic amines) is 1. The zero-order valence-electron chi connectivity index (χ0n) is 10.4. The topological polar surface area (TPSA) is 84.1 Å². The van der Waals surface area contributed by atoms with Gasteiger partial charge in [-0.3, -0.25) is 9.69 Å². The number of aromatic nitrogens is 4. The maximum Gasteiger partial charge on any atom is 0.310 e. The average Bonchev–Trinajstić information content (AvgIpc) is 2.95. The fourth-order valence-corrected chi connectivity index (χ4v) is 2.49. The van der Waals surface area contributed by atoms with Crippen molar-refractivity contribution in [1.82, 2.24) is 25.1 Å². The Labute approximate surface area is 105 Å². The lowest BCUT2D eigenvalue weighted by molar-refractivity contribution is -0.147. The van der Waals surface area contributed by atoms with Gasteiger partial charge in [-0.05, 0) is 43.2 Å². The number of hydrogen-bond donors (Lipinski definition) is 1. The third-order valence-corrected chi connectivity index (χ3v) is 3.89. The van der Waals surface area contributed by atoms with Crippen LogP contribution < -0.4 is 0 Å². The van der Waals surface area contributed by atoms with E-state index in [-0.39, 0.29) is 0 Å². The van der Waals surface area contributed by atoms with Crippen LogP contribution in [0.15, 0.2) is 0 Å². The van der Waals surface area contributed by atoms with Gasteiger partial charge >= 0.3 is 5.97 Å². The number of aliphatic carboxylic acids is 1. The minimum absolute atomic E-state index is 0.462. The van der Waals surface area contributed by atoms with Crippen molar-refractivity contribution in [1.29, 1.82) is 0 Å². The minimum atomic E-state index is -0.716. The van der Waals surface area contributed by atoms with Crippen molar-refractivity contribution in [2.24, 2.45) is 5.41 Å². The van der Waals surface area contributed by atoms with Crippen LogP contribution in [0.5, 0.6) is 0 Å². The van der Waals surface area contributed by atoms with Crippen LogP contribution in [-0.2, 0) is 11.3 Å². The van der Waals surface area contributed by atoms with Crippen LogP contribution >= 0.6 is 0 Å². The molecule has 0 aromatic carbocycles. The van der Waals surface area contributed by atoms with E-state index < -0.39 is 11.4 Å². The molecule has 7 nitrogen and oxygen atoms in total. The van der Waals surface area contributed by atoms with Gasteiger partial charge in [-0.15, -0.1) is 5.10 Å². The normalized spacial score (nSPS) is 28.7. The third-order valence-electron chi connectivity index (χ3n) is 3.89. The van der Waals surface area contributed by atoms with Crippen LogP contribution in [0.3, 0.4) is 0 Å². The Morgan fingerprint density at radius 1 is 1.56 bits per heavy atom. The number of carboxylic acids is 1. The summed E-state index contributed by atoms with van der Waals surface area (Å²) < 4.78 is 1.89. The van der Waals surface area contributed by atoms with Crippen LogP contribution in [0.4, 0.5) is 0 Å². The summed E-state index contributed by atoms with van der Waals surface area (Å²) in [6, 6.07) is 0.462. The number of hydrogen-bond acceptors (Lipinski definition) is 5. The number of carboxylic acid groups (broad SMARTS) is 1. The molecular formula is C11H17N5O2. The molecule has 1 aromatic heterocycles. The zero-order chi connectivity index (χ0) is 12.8. The first kappa shape index (κ1) is 11.6. The highest BCUT2D eigenvalue weighted by Gasteiger charge is 2.41. The van der Waals surface area contributed by atoms with Gasteiger partial charge in [0, 0.05) is 6.54 Å². The largest absolute Gasteiger partial charge is 0.481 e. The van der Waals surface area contributed by atoms with E-state index in [1.54, 1.807) is 6.92 Å². The highest BCUT2D eigenvalue weighted by molar-refractivity contribution is 5.74. The molecule has 1 atom stereocenters. The molecule has 1 unspecified atom stereocenters. The second kappa shape index (κ2) is 4.01. The van der Waals surface area contributed by atoms with Crippen LogP contribution in [-0.4, -0.2) is 49.3 Å². The summed E-state index contributed by atoms with van der Waals surface area (Å²) >= 11 is 0. The van der Waals surface area contributed by atoms with Crippen molar-refractivity contribution in [3.63, 3.8) is 0 Å². The molecule has 2 heterocycles. The monoisotopic (exact) mass is 251 g/mol. The molecule has 0 bridgehead atoms. The van der Waals surface area contributed by atoms with E-state index in [1.807, 2.05) is 4.68 Å². The molecule has 1 aromatic rings. The maximum atomic E-state index is 11.2. The van der Waals surface area contributed by atoms with Crippen LogP contribution in [0.1, 0.15) is 38.1 Å². The van der Waals surface area contributed by atoms with E-state index >= 15 is 0 Å². The quantitative estimate of drug-likeness (QED) is 0.828. The molecule has 7 heteroatoms. The first-order valence-electron chi connectivity index (χ1n) is 6.31. The summed E-state index contributed by atoms with van der Waals surface area (Å²) in [6.07, 6.45) is 2.98. The fourth-order valence-electron chi connectivity index (χ4n) is 2.49. The lowest BCUT2D eigenvalue weighted by Gasteiger charge is -2.19. The standard InChI is InChI=1S/C11H17N5O2/c1-11(10(17)18)4-5-15(7-11)6-9-12-13-14-16(9)8-2-3-8/h8H,2-7H2,1H3,(H,17,18). The Kier molecular flexibility index (Phi) is 2.58. The molecule has 18 heavy (non-hydrogen) atoms. The molecule has 1 N–H and O–H groups in total. The second-order valence-corrected chi connectivity index (χ2v) is 5.60. The molecule has 1 aliphatic heterocycles. The van der Waals surface area contributed by atoms with Crippen molar-refractivity contribution < 1.29 is 9.90 Å². The molecule has 1 saturated heterocycles. The van der Waals surface area contributed by atoms with Gasteiger partial charge < -0.3 is 5.11 Å². The van der Waals surface area contributed by atoms with Gasteiger partial charge in [-0.2, -0.15) is 0 Å². The van der Waals surface area contributed by atoms with Gasteiger partial charge in [-0.25, -0.2) is 4.68 Å².